The maximum absolute atomic E-state index is 14.4. The molecular weight excluding hydrogens is 511 g/mol. The van der Waals surface area contributed by atoms with E-state index in [-0.39, 0.29) is 36.7 Å². The fourth-order valence-corrected chi connectivity index (χ4v) is 5.94. The van der Waals surface area contributed by atoms with Crippen molar-refractivity contribution < 1.29 is 23.5 Å². The number of ether oxygens (including phenoxy) is 2. The summed E-state index contributed by atoms with van der Waals surface area (Å²) in [6.07, 6.45) is 8.07. The van der Waals surface area contributed by atoms with E-state index in [4.69, 9.17) is 14.5 Å². The van der Waals surface area contributed by atoms with Crippen molar-refractivity contribution in [2.75, 3.05) is 6.54 Å². The first-order valence-electron chi connectivity index (χ1n) is 14.5. The second-order valence-electron chi connectivity index (χ2n) is 11.5. The molecule has 0 radical (unpaired) electrons. The van der Waals surface area contributed by atoms with Gasteiger partial charge in [-0.25, -0.2) is 14.4 Å². The van der Waals surface area contributed by atoms with Crippen molar-refractivity contribution in [2.45, 2.75) is 97.4 Å². The minimum Gasteiger partial charge on any atom is -0.491 e. The number of hydrogen-bond acceptors (Lipinski definition) is 6. The van der Waals surface area contributed by atoms with Gasteiger partial charge in [-0.1, -0.05) is 32.8 Å². The summed E-state index contributed by atoms with van der Waals surface area (Å²) in [4.78, 5) is 37.6. The zero-order chi connectivity index (χ0) is 28.4. The smallest absolute Gasteiger partial charge is 0.310 e. The fourth-order valence-electron chi connectivity index (χ4n) is 5.94. The van der Waals surface area contributed by atoms with Gasteiger partial charge in [0.2, 0.25) is 0 Å². The normalized spacial score (nSPS) is 18.2. The molecule has 1 aromatic carbocycles. The van der Waals surface area contributed by atoms with Crippen LogP contribution >= 0.6 is 0 Å². The average molecular weight is 551 g/mol. The van der Waals surface area contributed by atoms with E-state index >= 15 is 0 Å². The van der Waals surface area contributed by atoms with Gasteiger partial charge < -0.3 is 14.4 Å². The maximum Gasteiger partial charge on any atom is 0.310 e. The molecule has 1 amide bonds. The molecule has 2 fully saturated rings. The number of imidazole rings is 1. The quantitative estimate of drug-likeness (QED) is 0.296. The molecule has 0 spiro atoms. The Morgan fingerprint density at radius 1 is 1.05 bits per heavy atom. The zero-order valence-corrected chi connectivity index (χ0v) is 23.9. The number of piperidine rings is 1. The van der Waals surface area contributed by atoms with Crippen LogP contribution in [0.2, 0.25) is 0 Å². The Hall–Kier alpha value is -3.49. The van der Waals surface area contributed by atoms with Crippen LogP contribution < -0.4 is 4.74 Å². The van der Waals surface area contributed by atoms with Crippen molar-refractivity contribution in [3.05, 3.63) is 53.2 Å². The Morgan fingerprint density at radius 3 is 2.52 bits per heavy atom. The highest BCUT2D eigenvalue weighted by atomic mass is 19.1. The second-order valence-corrected chi connectivity index (χ2v) is 11.5. The van der Waals surface area contributed by atoms with E-state index in [2.05, 4.69) is 11.1 Å². The molecule has 3 aromatic rings. The van der Waals surface area contributed by atoms with E-state index in [1.54, 1.807) is 18.4 Å². The number of pyridine rings is 1. The number of esters is 1. The van der Waals surface area contributed by atoms with Crippen LogP contribution in [-0.4, -0.2) is 44.0 Å². The van der Waals surface area contributed by atoms with Gasteiger partial charge in [0.15, 0.2) is 12.4 Å². The summed E-state index contributed by atoms with van der Waals surface area (Å²) in [5.41, 5.74) is 2.54. The van der Waals surface area contributed by atoms with Gasteiger partial charge >= 0.3 is 5.97 Å². The van der Waals surface area contributed by atoms with E-state index in [0.29, 0.717) is 47.2 Å². The van der Waals surface area contributed by atoms with Crippen LogP contribution in [-0.2, 0) is 16.3 Å². The summed E-state index contributed by atoms with van der Waals surface area (Å²) >= 11 is 0. The van der Waals surface area contributed by atoms with Crippen LogP contribution in [0.1, 0.15) is 106 Å². The Labute approximate surface area is 234 Å². The summed E-state index contributed by atoms with van der Waals surface area (Å²) in [7, 11) is 0. The van der Waals surface area contributed by atoms with Gasteiger partial charge in [-0.3, -0.25) is 14.2 Å². The Bertz CT molecular complexity index is 1380. The summed E-state index contributed by atoms with van der Waals surface area (Å²) in [5, 5.41) is 0. The minimum absolute atomic E-state index is 0.00984. The number of nitrogens with zero attached hydrogens (tertiary/aromatic N) is 4. The number of rotatable bonds is 8. The van der Waals surface area contributed by atoms with E-state index in [0.717, 1.165) is 50.3 Å². The maximum atomic E-state index is 14.4. The van der Waals surface area contributed by atoms with Crippen molar-refractivity contribution in [3.8, 4) is 5.75 Å². The third-order valence-electron chi connectivity index (χ3n) is 7.89. The summed E-state index contributed by atoms with van der Waals surface area (Å²) in [5.74, 6) is 0.346. The molecule has 2 aliphatic rings. The highest BCUT2D eigenvalue weighted by Gasteiger charge is 2.35. The molecule has 0 bridgehead atoms. The SMILES string of the molecule is CC(C)Oc1ccc(C2CCCC2)c(C(=O)N2CCCCC2c2nc3ncc(F)cc3n2COC(=O)C(C)C)c1. The lowest BCUT2D eigenvalue weighted by Gasteiger charge is -2.36. The lowest BCUT2D eigenvalue weighted by molar-refractivity contribution is -0.151. The number of carbonyl (C=O) groups excluding carboxylic acids is 2. The fraction of sp³-hybridized carbons (Fsp3) is 0.548. The molecule has 2 aromatic heterocycles. The first-order valence-corrected chi connectivity index (χ1v) is 14.5. The molecule has 5 rings (SSSR count). The topological polar surface area (TPSA) is 86.6 Å². The van der Waals surface area contributed by atoms with Crippen LogP contribution in [0.15, 0.2) is 30.5 Å². The molecule has 8 nitrogen and oxygen atoms in total. The number of carbonyl (C=O) groups is 2. The molecule has 40 heavy (non-hydrogen) atoms. The highest BCUT2D eigenvalue weighted by molar-refractivity contribution is 5.96. The average Bonchev–Trinajstić information content (AvgIpc) is 3.59. The first-order chi connectivity index (χ1) is 19.2. The lowest BCUT2D eigenvalue weighted by atomic mass is 9.91. The first kappa shape index (κ1) is 28.1. The molecule has 1 saturated heterocycles. The monoisotopic (exact) mass is 550 g/mol. The van der Waals surface area contributed by atoms with Crippen LogP contribution in [0.25, 0.3) is 11.2 Å². The number of benzene rings is 1. The molecule has 3 heterocycles. The van der Waals surface area contributed by atoms with Crippen molar-refractivity contribution in [1.82, 2.24) is 19.4 Å². The Morgan fingerprint density at radius 2 is 1.80 bits per heavy atom. The lowest BCUT2D eigenvalue weighted by Crippen LogP contribution is -2.40. The number of likely N-dealkylation sites (tertiary alicyclic amines) is 1. The van der Waals surface area contributed by atoms with Gasteiger partial charge in [-0.05, 0) is 69.6 Å². The van der Waals surface area contributed by atoms with E-state index in [1.165, 1.54) is 6.07 Å². The molecule has 1 aliphatic carbocycles. The van der Waals surface area contributed by atoms with Crippen LogP contribution in [0, 0.1) is 11.7 Å². The van der Waals surface area contributed by atoms with Crippen molar-refractivity contribution in [2.24, 2.45) is 5.92 Å². The molecule has 1 aliphatic heterocycles. The van der Waals surface area contributed by atoms with Crippen LogP contribution in [0.5, 0.6) is 5.75 Å². The molecule has 214 valence electrons. The molecule has 9 heteroatoms. The Balaban J connectivity index is 1.55. The van der Waals surface area contributed by atoms with E-state index in [1.807, 2.05) is 30.9 Å². The molecular formula is C31H39FN4O4. The number of aromatic nitrogens is 3. The van der Waals surface area contributed by atoms with Crippen molar-refractivity contribution >= 4 is 23.0 Å². The van der Waals surface area contributed by atoms with Gasteiger partial charge in [-0.15, -0.1) is 0 Å². The number of halogens is 1. The zero-order valence-electron chi connectivity index (χ0n) is 23.9. The van der Waals surface area contributed by atoms with Gasteiger partial charge in [0.25, 0.3) is 5.91 Å². The molecule has 1 unspecified atom stereocenters. The number of hydrogen-bond donors (Lipinski definition) is 0. The van der Waals surface area contributed by atoms with Crippen LogP contribution in [0.3, 0.4) is 0 Å². The predicted octanol–water partition coefficient (Wildman–Crippen LogP) is 6.54. The van der Waals surface area contributed by atoms with Crippen molar-refractivity contribution in [3.63, 3.8) is 0 Å². The summed E-state index contributed by atoms with van der Waals surface area (Å²) < 4.78 is 27.5. The van der Waals surface area contributed by atoms with Crippen LogP contribution in [0.4, 0.5) is 4.39 Å². The van der Waals surface area contributed by atoms with Crippen molar-refractivity contribution in [1.29, 1.82) is 0 Å². The predicted molar refractivity (Wildman–Crippen MR) is 149 cm³/mol. The second kappa shape index (κ2) is 11.9. The third-order valence-corrected chi connectivity index (χ3v) is 7.89. The summed E-state index contributed by atoms with van der Waals surface area (Å²) in [6.45, 7) is 7.91. The minimum atomic E-state index is -0.505. The van der Waals surface area contributed by atoms with E-state index < -0.39 is 5.82 Å². The summed E-state index contributed by atoms with van der Waals surface area (Å²) in [6, 6.07) is 6.91. The number of fused-ring (bicyclic) bond motifs is 1. The largest absolute Gasteiger partial charge is 0.491 e. The van der Waals surface area contributed by atoms with Gasteiger partial charge in [-0.2, -0.15) is 0 Å². The molecule has 1 atom stereocenters. The standard InChI is InChI=1S/C31H39FN4O4/c1-19(2)31(38)39-18-36-27-15-22(32)17-33-28(27)34-29(36)26-11-7-8-14-35(26)30(37)25-16-23(40-20(3)4)12-13-24(25)21-9-5-6-10-21/h12-13,15-17,19-21,26H,5-11,14,18H2,1-4H3. The van der Waals surface area contributed by atoms with Gasteiger partial charge in [0.1, 0.15) is 17.4 Å². The van der Waals surface area contributed by atoms with Gasteiger partial charge in [0.05, 0.1) is 29.8 Å². The Kier molecular flexibility index (Phi) is 8.38. The van der Waals surface area contributed by atoms with E-state index in [9.17, 15) is 14.0 Å². The van der Waals surface area contributed by atoms with Gasteiger partial charge in [0, 0.05) is 18.2 Å². The number of amides is 1. The molecule has 1 saturated carbocycles. The highest BCUT2D eigenvalue weighted by Crippen LogP contribution is 2.40. The third kappa shape index (κ3) is 5.83. The molecule has 0 N–H and O–H groups in total.